The number of benzene rings is 1. The van der Waals surface area contributed by atoms with Gasteiger partial charge in [-0.15, -0.1) is 17.0 Å². The van der Waals surface area contributed by atoms with E-state index in [0.29, 0.717) is 0 Å². The Morgan fingerprint density at radius 2 is 1.91 bits per heavy atom. The summed E-state index contributed by atoms with van der Waals surface area (Å²) in [7, 11) is 0. The zero-order valence-electron chi connectivity index (χ0n) is 11.9. The van der Waals surface area contributed by atoms with E-state index >= 15 is 0 Å². The lowest BCUT2D eigenvalue weighted by molar-refractivity contribution is -0.00157. The number of fused-ring (bicyclic) bond motifs is 3. The molecule has 5 rings (SSSR count). The maximum absolute atomic E-state index is 10.5. The zero-order valence-corrected chi connectivity index (χ0v) is 13.6. The van der Waals surface area contributed by atoms with Crippen LogP contribution in [0, 0.1) is 0 Å². The Hall–Kier alpha value is -1.08. The van der Waals surface area contributed by atoms with Crippen LogP contribution in [0.1, 0.15) is 23.5 Å². The molecule has 1 aromatic rings. The maximum Gasteiger partial charge on any atom is 0.231 e. The molecule has 6 heteroatoms. The zero-order chi connectivity index (χ0) is 14.1. The fourth-order valence-corrected chi connectivity index (χ4v) is 4.35. The topological polar surface area (TPSA) is 62.2 Å². The Bertz CT molecular complexity index is 662. The van der Waals surface area contributed by atoms with Gasteiger partial charge in [0.2, 0.25) is 6.79 Å². The molecule has 1 aromatic carbocycles. The van der Waals surface area contributed by atoms with E-state index in [4.69, 9.17) is 9.47 Å². The largest absolute Gasteiger partial charge is 0.454 e. The first kappa shape index (κ1) is 14.5. The third-order valence-corrected chi connectivity index (χ3v) is 5.27. The average Bonchev–Trinajstić information content (AvgIpc) is 3.08. The SMILES string of the molecule is Br.O[C@H]1[C@H]2c3cc4c(cc3CN3CCC(=C[C@@H]1O)[C@H]23)OCO4. The Labute approximate surface area is 138 Å². The number of ether oxygens (including phenoxy) is 2. The van der Waals surface area contributed by atoms with Crippen LogP contribution in [0.4, 0.5) is 0 Å². The molecule has 0 bridgehead atoms. The summed E-state index contributed by atoms with van der Waals surface area (Å²) >= 11 is 0. The van der Waals surface area contributed by atoms with E-state index in [0.717, 1.165) is 36.6 Å². The van der Waals surface area contributed by atoms with E-state index < -0.39 is 12.2 Å². The lowest BCUT2D eigenvalue weighted by atomic mass is 9.73. The van der Waals surface area contributed by atoms with Crippen LogP contribution in [0.2, 0.25) is 0 Å². The summed E-state index contributed by atoms with van der Waals surface area (Å²) in [5.74, 6) is 1.45. The molecule has 2 N–H and O–H groups in total. The van der Waals surface area contributed by atoms with Crippen LogP contribution in [0.5, 0.6) is 11.5 Å². The van der Waals surface area contributed by atoms with Crippen molar-refractivity contribution >= 4 is 17.0 Å². The van der Waals surface area contributed by atoms with E-state index in [1.54, 1.807) is 0 Å². The summed E-state index contributed by atoms with van der Waals surface area (Å²) < 4.78 is 10.9. The molecule has 1 aliphatic carbocycles. The summed E-state index contributed by atoms with van der Waals surface area (Å²) in [6.07, 6.45) is 1.28. The maximum atomic E-state index is 10.5. The van der Waals surface area contributed by atoms with Gasteiger partial charge >= 0.3 is 0 Å². The predicted molar refractivity (Wildman–Crippen MR) is 84.5 cm³/mol. The molecule has 0 aromatic heterocycles. The molecule has 0 saturated carbocycles. The molecule has 1 saturated heterocycles. The highest BCUT2D eigenvalue weighted by Gasteiger charge is 2.48. The van der Waals surface area contributed by atoms with Gasteiger partial charge in [-0.2, -0.15) is 0 Å². The third-order valence-electron chi connectivity index (χ3n) is 5.27. The third kappa shape index (κ3) is 1.81. The highest BCUT2D eigenvalue weighted by Crippen LogP contribution is 2.49. The molecule has 3 heterocycles. The second-order valence-electron chi connectivity index (χ2n) is 6.32. The Kier molecular flexibility index (Phi) is 3.27. The van der Waals surface area contributed by atoms with Crippen molar-refractivity contribution in [2.24, 2.45) is 0 Å². The number of rotatable bonds is 0. The molecular weight excluding hydrogens is 350 g/mol. The van der Waals surface area contributed by atoms with Gasteiger partial charge < -0.3 is 19.7 Å². The van der Waals surface area contributed by atoms with E-state index in [1.165, 1.54) is 11.1 Å². The van der Waals surface area contributed by atoms with Gasteiger partial charge in [0.05, 0.1) is 12.2 Å². The van der Waals surface area contributed by atoms with Crippen molar-refractivity contribution in [1.29, 1.82) is 0 Å². The van der Waals surface area contributed by atoms with Crippen LogP contribution in [0.15, 0.2) is 23.8 Å². The summed E-state index contributed by atoms with van der Waals surface area (Å²) in [5, 5.41) is 20.7. The van der Waals surface area contributed by atoms with Gasteiger partial charge in [-0.3, -0.25) is 4.90 Å². The number of halogens is 1. The van der Waals surface area contributed by atoms with Gasteiger partial charge in [0.1, 0.15) is 0 Å². The van der Waals surface area contributed by atoms with Crippen LogP contribution < -0.4 is 9.47 Å². The molecule has 0 amide bonds. The Balaban J connectivity index is 0.00000125. The molecule has 0 radical (unpaired) electrons. The quantitative estimate of drug-likeness (QED) is 0.677. The highest BCUT2D eigenvalue weighted by atomic mass is 79.9. The molecule has 4 aliphatic rings. The summed E-state index contributed by atoms with van der Waals surface area (Å²) in [5.41, 5.74) is 3.54. The minimum atomic E-state index is -0.780. The first-order valence-corrected chi connectivity index (χ1v) is 7.45. The van der Waals surface area contributed by atoms with Crippen molar-refractivity contribution in [3.05, 3.63) is 34.9 Å². The Morgan fingerprint density at radius 3 is 2.73 bits per heavy atom. The molecule has 3 aliphatic heterocycles. The number of nitrogens with zero attached hydrogens (tertiary/aromatic N) is 1. The fraction of sp³-hybridized carbons (Fsp3) is 0.500. The summed E-state index contributed by atoms with van der Waals surface area (Å²) in [6, 6.07) is 4.25. The van der Waals surface area contributed by atoms with Gasteiger partial charge in [-0.05, 0) is 29.7 Å². The van der Waals surface area contributed by atoms with Crippen molar-refractivity contribution in [2.45, 2.75) is 37.1 Å². The van der Waals surface area contributed by atoms with Gasteiger partial charge in [-0.25, -0.2) is 0 Å². The van der Waals surface area contributed by atoms with Gasteiger partial charge in [-0.1, -0.05) is 11.6 Å². The van der Waals surface area contributed by atoms with Gasteiger partial charge in [0.25, 0.3) is 0 Å². The molecular formula is C16H18BrNO4. The molecule has 0 unspecified atom stereocenters. The lowest BCUT2D eigenvalue weighted by Crippen LogP contribution is -2.49. The van der Waals surface area contributed by atoms with Crippen molar-refractivity contribution in [2.75, 3.05) is 13.3 Å². The standard InChI is InChI=1S/C16H17NO4.BrH/c18-11-3-8-1-2-17-6-9-4-12-13(21-7-20-12)5-10(9)14(15(8)17)16(11)19;/h3-5,11,14-16,18-19H,1-2,6-7H2;1H/t11-,14-,15+,16+;/m0./s1. The Morgan fingerprint density at radius 1 is 1.14 bits per heavy atom. The van der Waals surface area contributed by atoms with Crippen molar-refractivity contribution in [3.8, 4) is 11.5 Å². The normalized spacial score (nSPS) is 34.5. The highest BCUT2D eigenvalue weighted by molar-refractivity contribution is 8.93. The fourth-order valence-electron chi connectivity index (χ4n) is 4.35. The van der Waals surface area contributed by atoms with Crippen LogP contribution in [-0.4, -0.2) is 46.7 Å². The molecule has 5 nitrogen and oxygen atoms in total. The van der Waals surface area contributed by atoms with E-state index in [9.17, 15) is 10.2 Å². The van der Waals surface area contributed by atoms with Gasteiger partial charge in [0, 0.05) is 25.0 Å². The average molecular weight is 368 g/mol. The smallest absolute Gasteiger partial charge is 0.231 e. The number of hydrogen-bond acceptors (Lipinski definition) is 5. The van der Waals surface area contributed by atoms with Crippen molar-refractivity contribution < 1.29 is 19.7 Å². The van der Waals surface area contributed by atoms with Crippen LogP contribution in [0.25, 0.3) is 0 Å². The van der Waals surface area contributed by atoms with E-state index in [1.807, 2.05) is 18.2 Å². The molecule has 118 valence electrons. The van der Waals surface area contributed by atoms with Crippen LogP contribution >= 0.6 is 17.0 Å². The molecule has 22 heavy (non-hydrogen) atoms. The molecule has 1 fully saturated rings. The number of aliphatic hydroxyl groups excluding tert-OH is 2. The second kappa shape index (κ2) is 4.96. The van der Waals surface area contributed by atoms with Crippen molar-refractivity contribution in [1.82, 2.24) is 4.90 Å². The first-order valence-electron chi connectivity index (χ1n) is 7.45. The molecule has 0 spiro atoms. The first-order chi connectivity index (χ1) is 10.2. The van der Waals surface area contributed by atoms with Gasteiger partial charge in [0.15, 0.2) is 11.5 Å². The lowest BCUT2D eigenvalue weighted by Gasteiger charge is -2.44. The molecule has 4 atom stereocenters. The number of hydrogen-bond donors (Lipinski definition) is 2. The minimum absolute atomic E-state index is 0. The van der Waals surface area contributed by atoms with Crippen LogP contribution in [-0.2, 0) is 6.54 Å². The predicted octanol–water partition coefficient (Wildman–Crippen LogP) is 1.33. The minimum Gasteiger partial charge on any atom is -0.454 e. The van der Waals surface area contributed by atoms with Crippen LogP contribution in [0.3, 0.4) is 0 Å². The monoisotopic (exact) mass is 367 g/mol. The van der Waals surface area contributed by atoms with Crippen molar-refractivity contribution in [3.63, 3.8) is 0 Å². The summed E-state index contributed by atoms with van der Waals surface area (Å²) in [4.78, 5) is 2.40. The van der Waals surface area contributed by atoms with E-state index in [2.05, 4.69) is 4.90 Å². The second-order valence-corrected chi connectivity index (χ2v) is 6.32. The van der Waals surface area contributed by atoms with E-state index in [-0.39, 0.29) is 35.7 Å². The number of aliphatic hydroxyl groups is 2. The summed E-state index contributed by atoms with van der Waals surface area (Å²) in [6.45, 7) is 2.11.